The Balaban J connectivity index is 0.00000162. The quantitative estimate of drug-likeness (QED) is 0.894. The van der Waals surface area contributed by atoms with Gasteiger partial charge in [0.25, 0.3) is 0 Å². The molecule has 1 aliphatic rings. The van der Waals surface area contributed by atoms with Gasteiger partial charge in [-0.05, 0) is 39.8 Å². The molecule has 1 saturated heterocycles. The van der Waals surface area contributed by atoms with Crippen molar-refractivity contribution in [3.8, 4) is 0 Å². The van der Waals surface area contributed by atoms with Crippen molar-refractivity contribution in [2.45, 2.75) is 46.2 Å². The maximum absolute atomic E-state index is 5.24. The molecular formula is C13H24ClN3O. The van der Waals surface area contributed by atoms with Gasteiger partial charge in [0.2, 0.25) is 0 Å². The Morgan fingerprint density at radius 3 is 2.72 bits per heavy atom. The molecule has 1 fully saturated rings. The van der Waals surface area contributed by atoms with Gasteiger partial charge in [-0.25, -0.2) is 0 Å². The summed E-state index contributed by atoms with van der Waals surface area (Å²) in [6, 6.07) is 0.670. The first kappa shape index (κ1) is 15.5. The van der Waals surface area contributed by atoms with Crippen molar-refractivity contribution < 1.29 is 4.52 Å². The zero-order valence-corrected chi connectivity index (χ0v) is 12.3. The van der Waals surface area contributed by atoms with E-state index in [1.54, 1.807) is 0 Å². The summed E-state index contributed by atoms with van der Waals surface area (Å²) in [6.07, 6.45) is 2.45. The fraction of sp³-hybridized carbons (Fsp3) is 0.769. The Hall–Kier alpha value is -0.580. The second-order valence-electron chi connectivity index (χ2n) is 4.92. The number of rotatable bonds is 5. The summed E-state index contributed by atoms with van der Waals surface area (Å²) in [7, 11) is 0. The maximum Gasteiger partial charge on any atom is 0.138 e. The summed E-state index contributed by atoms with van der Waals surface area (Å²) in [5, 5.41) is 7.48. The molecule has 0 aromatic carbocycles. The smallest absolute Gasteiger partial charge is 0.138 e. The molecule has 2 rings (SSSR count). The summed E-state index contributed by atoms with van der Waals surface area (Å²) >= 11 is 0. The average molecular weight is 274 g/mol. The Morgan fingerprint density at radius 2 is 2.22 bits per heavy atom. The first-order valence-electron chi connectivity index (χ1n) is 6.59. The lowest BCUT2D eigenvalue weighted by atomic mass is 10.1. The summed E-state index contributed by atoms with van der Waals surface area (Å²) in [4.78, 5) is 2.56. The zero-order valence-electron chi connectivity index (χ0n) is 11.5. The van der Waals surface area contributed by atoms with Crippen LogP contribution in [0.25, 0.3) is 0 Å². The number of hydrogen-bond acceptors (Lipinski definition) is 4. The molecule has 1 aromatic heterocycles. The molecule has 0 bridgehead atoms. The van der Waals surface area contributed by atoms with E-state index in [-0.39, 0.29) is 12.4 Å². The van der Waals surface area contributed by atoms with Gasteiger partial charge < -0.3 is 9.84 Å². The molecule has 0 spiro atoms. The zero-order chi connectivity index (χ0) is 12.3. The van der Waals surface area contributed by atoms with Gasteiger partial charge in [0.1, 0.15) is 5.76 Å². The highest BCUT2D eigenvalue weighted by Gasteiger charge is 2.23. The van der Waals surface area contributed by atoms with E-state index >= 15 is 0 Å². The molecule has 0 amide bonds. The molecule has 4 nitrogen and oxygen atoms in total. The molecule has 5 heteroatoms. The maximum atomic E-state index is 5.24. The van der Waals surface area contributed by atoms with E-state index in [1.165, 1.54) is 18.4 Å². The predicted octanol–water partition coefficient (Wildman–Crippen LogP) is 2.29. The number of aryl methyl sites for hydroxylation is 2. The monoisotopic (exact) mass is 273 g/mol. The normalized spacial score (nSPS) is 19.2. The molecule has 0 radical (unpaired) electrons. The second kappa shape index (κ2) is 7.12. The van der Waals surface area contributed by atoms with Crippen molar-refractivity contribution >= 4 is 12.4 Å². The van der Waals surface area contributed by atoms with Crippen LogP contribution in [0.4, 0.5) is 0 Å². The minimum Gasteiger partial charge on any atom is -0.361 e. The summed E-state index contributed by atoms with van der Waals surface area (Å²) in [5.74, 6) is 0.967. The SMILES string of the molecule is CCCN(Cc1c(C)noc1C)C1CCNC1.Cl. The fourth-order valence-electron chi connectivity index (χ4n) is 2.56. The van der Waals surface area contributed by atoms with E-state index in [0.29, 0.717) is 6.04 Å². The van der Waals surface area contributed by atoms with Crippen molar-refractivity contribution in [1.82, 2.24) is 15.4 Å². The molecule has 2 heterocycles. The molecular weight excluding hydrogens is 250 g/mol. The van der Waals surface area contributed by atoms with Crippen LogP contribution in [0.1, 0.15) is 36.8 Å². The third-order valence-electron chi connectivity index (χ3n) is 3.60. The summed E-state index contributed by atoms with van der Waals surface area (Å²) in [6.45, 7) is 10.7. The number of aromatic nitrogens is 1. The van der Waals surface area contributed by atoms with Gasteiger partial charge in [0.05, 0.1) is 5.69 Å². The van der Waals surface area contributed by atoms with Crippen molar-refractivity contribution in [1.29, 1.82) is 0 Å². The fourth-order valence-corrected chi connectivity index (χ4v) is 2.56. The van der Waals surface area contributed by atoms with Gasteiger partial charge >= 0.3 is 0 Å². The standard InChI is InChI=1S/C13H23N3O.ClH/c1-4-7-16(12-5-6-14-8-12)9-13-10(2)15-17-11(13)3;/h12,14H,4-9H2,1-3H3;1H. The van der Waals surface area contributed by atoms with Gasteiger partial charge in [-0.2, -0.15) is 0 Å². The van der Waals surface area contributed by atoms with Crippen LogP contribution < -0.4 is 5.32 Å². The van der Waals surface area contributed by atoms with Crippen LogP contribution in [0.15, 0.2) is 4.52 Å². The van der Waals surface area contributed by atoms with Crippen LogP contribution in [0.2, 0.25) is 0 Å². The van der Waals surface area contributed by atoms with Crippen molar-refractivity contribution in [2.75, 3.05) is 19.6 Å². The van der Waals surface area contributed by atoms with Gasteiger partial charge in [-0.15, -0.1) is 12.4 Å². The van der Waals surface area contributed by atoms with E-state index in [2.05, 4.69) is 22.3 Å². The molecule has 1 aromatic rings. The first-order valence-corrected chi connectivity index (χ1v) is 6.59. The van der Waals surface area contributed by atoms with Gasteiger partial charge in [0, 0.05) is 24.7 Å². The first-order chi connectivity index (χ1) is 8.22. The van der Waals surface area contributed by atoms with E-state index in [1.807, 2.05) is 13.8 Å². The predicted molar refractivity (Wildman–Crippen MR) is 75.2 cm³/mol. The van der Waals surface area contributed by atoms with Crippen molar-refractivity contribution in [3.63, 3.8) is 0 Å². The van der Waals surface area contributed by atoms with Gasteiger partial charge in [0.15, 0.2) is 0 Å². The third kappa shape index (κ3) is 3.46. The largest absolute Gasteiger partial charge is 0.361 e. The lowest BCUT2D eigenvalue weighted by molar-refractivity contribution is 0.198. The van der Waals surface area contributed by atoms with E-state index < -0.39 is 0 Å². The minimum atomic E-state index is 0. The van der Waals surface area contributed by atoms with Crippen molar-refractivity contribution in [2.24, 2.45) is 0 Å². The number of nitrogens with one attached hydrogen (secondary N) is 1. The van der Waals surface area contributed by atoms with E-state index in [0.717, 1.165) is 37.6 Å². The Morgan fingerprint density at radius 1 is 1.44 bits per heavy atom. The van der Waals surface area contributed by atoms with E-state index in [9.17, 15) is 0 Å². The van der Waals surface area contributed by atoms with Crippen LogP contribution in [0, 0.1) is 13.8 Å². The highest BCUT2D eigenvalue weighted by Crippen LogP contribution is 2.18. The third-order valence-corrected chi connectivity index (χ3v) is 3.60. The van der Waals surface area contributed by atoms with Crippen LogP contribution in [-0.2, 0) is 6.54 Å². The number of halogens is 1. The molecule has 1 N–H and O–H groups in total. The highest BCUT2D eigenvalue weighted by molar-refractivity contribution is 5.85. The van der Waals surface area contributed by atoms with E-state index in [4.69, 9.17) is 4.52 Å². The topological polar surface area (TPSA) is 41.3 Å². The Labute approximate surface area is 116 Å². The van der Waals surface area contributed by atoms with Gasteiger partial charge in [-0.3, -0.25) is 4.90 Å². The summed E-state index contributed by atoms with van der Waals surface area (Å²) in [5.41, 5.74) is 2.31. The van der Waals surface area contributed by atoms with Crippen LogP contribution in [0.3, 0.4) is 0 Å². The Kier molecular flexibility index (Phi) is 6.12. The van der Waals surface area contributed by atoms with Crippen LogP contribution in [-0.4, -0.2) is 35.7 Å². The molecule has 1 atom stereocenters. The minimum absolute atomic E-state index is 0. The Bertz CT molecular complexity index is 342. The molecule has 0 saturated carbocycles. The molecule has 1 aliphatic heterocycles. The lowest BCUT2D eigenvalue weighted by Crippen LogP contribution is -2.37. The second-order valence-corrected chi connectivity index (χ2v) is 4.92. The molecule has 104 valence electrons. The lowest BCUT2D eigenvalue weighted by Gasteiger charge is -2.27. The van der Waals surface area contributed by atoms with Gasteiger partial charge in [-0.1, -0.05) is 12.1 Å². The number of hydrogen-bond donors (Lipinski definition) is 1. The molecule has 18 heavy (non-hydrogen) atoms. The summed E-state index contributed by atoms with van der Waals surface area (Å²) < 4.78 is 5.24. The molecule has 0 aliphatic carbocycles. The van der Waals surface area contributed by atoms with Crippen LogP contribution >= 0.6 is 12.4 Å². The van der Waals surface area contributed by atoms with Crippen LogP contribution in [0.5, 0.6) is 0 Å². The highest BCUT2D eigenvalue weighted by atomic mass is 35.5. The van der Waals surface area contributed by atoms with Crippen molar-refractivity contribution in [3.05, 3.63) is 17.0 Å². The number of nitrogens with zero attached hydrogens (tertiary/aromatic N) is 2. The molecule has 1 unspecified atom stereocenters. The average Bonchev–Trinajstić information content (AvgIpc) is 2.93.